The summed E-state index contributed by atoms with van der Waals surface area (Å²) in [6.45, 7) is -0.730. The number of Topliss-reactive ketones (excluding diaryl/α,β-unsaturated/α-hetero) is 1. The second-order valence-electron chi connectivity index (χ2n) is 7.24. The minimum absolute atomic E-state index is 0.0653. The van der Waals surface area contributed by atoms with Crippen LogP contribution in [0.1, 0.15) is 5.56 Å². The predicted octanol–water partition coefficient (Wildman–Crippen LogP) is -2.90. The number of aliphatic hydroxyl groups is 6. The lowest BCUT2D eigenvalue weighted by Crippen LogP contribution is -2.63. The summed E-state index contributed by atoms with van der Waals surface area (Å²) < 4.78 is 16.1. The Morgan fingerprint density at radius 2 is 1.66 bits per heavy atom. The molecule has 2 saturated heterocycles. The van der Waals surface area contributed by atoms with Crippen LogP contribution in [0.4, 0.5) is 0 Å². The Balaban J connectivity index is 1.68. The molecule has 10 nitrogen and oxygen atoms in total. The van der Waals surface area contributed by atoms with Crippen molar-refractivity contribution >= 4 is 5.78 Å². The van der Waals surface area contributed by atoms with E-state index >= 15 is 0 Å². The largest absolute Gasteiger partial charge is 0.394 e. The Kier molecular flexibility index (Phi) is 7.32. The van der Waals surface area contributed by atoms with Gasteiger partial charge in [0.2, 0.25) is 0 Å². The van der Waals surface area contributed by atoms with Crippen molar-refractivity contribution in [3.8, 4) is 0 Å². The van der Waals surface area contributed by atoms with Crippen LogP contribution in [-0.2, 0) is 25.4 Å². The maximum absolute atomic E-state index is 12.6. The van der Waals surface area contributed by atoms with Gasteiger partial charge in [-0.3, -0.25) is 4.79 Å². The summed E-state index contributed by atoms with van der Waals surface area (Å²) in [6.07, 6.45) is -13.2. The summed E-state index contributed by atoms with van der Waals surface area (Å²) in [6, 6.07) is 8.74. The highest BCUT2D eigenvalue weighted by Gasteiger charge is 2.49. The van der Waals surface area contributed by atoms with Gasteiger partial charge in [0.25, 0.3) is 0 Å². The summed E-state index contributed by atoms with van der Waals surface area (Å²) in [5.74, 6) is -0.524. The molecule has 0 spiro atoms. The van der Waals surface area contributed by atoms with Crippen molar-refractivity contribution in [3.63, 3.8) is 0 Å². The topological polar surface area (TPSA) is 166 Å². The van der Waals surface area contributed by atoms with Gasteiger partial charge >= 0.3 is 0 Å². The van der Waals surface area contributed by atoms with Gasteiger partial charge < -0.3 is 44.8 Å². The third-order valence-corrected chi connectivity index (χ3v) is 5.18. The van der Waals surface area contributed by atoms with E-state index in [4.69, 9.17) is 19.3 Å². The molecule has 9 atom stereocenters. The minimum Gasteiger partial charge on any atom is -0.394 e. The number of hydrogen-bond donors (Lipinski definition) is 6. The SMILES string of the molecule is O=C(Cc1ccccc1)[C@@H]1O[C@@H](O[C@H]2CO[C@H](CO)[C@@H](O)[C@@H]2O)[C@@H](O)[C@H](O)[C@@H]1O. The zero-order valence-corrected chi connectivity index (χ0v) is 15.5. The molecule has 2 aliphatic heterocycles. The number of ether oxygens (including phenoxy) is 3. The lowest BCUT2D eigenvalue weighted by atomic mass is 9.93. The Morgan fingerprint density at radius 3 is 2.31 bits per heavy atom. The van der Waals surface area contributed by atoms with Crippen LogP contribution in [-0.4, -0.2) is 105 Å². The van der Waals surface area contributed by atoms with E-state index in [2.05, 4.69) is 0 Å². The van der Waals surface area contributed by atoms with Crippen LogP contribution in [0.2, 0.25) is 0 Å². The fraction of sp³-hybridized carbons (Fsp3) is 0.632. The monoisotopic (exact) mass is 414 g/mol. The van der Waals surface area contributed by atoms with Gasteiger partial charge in [-0.1, -0.05) is 30.3 Å². The molecule has 0 radical (unpaired) electrons. The van der Waals surface area contributed by atoms with Gasteiger partial charge in [0, 0.05) is 6.42 Å². The number of carbonyl (C=O) groups is 1. The van der Waals surface area contributed by atoms with Crippen molar-refractivity contribution in [2.24, 2.45) is 0 Å². The second kappa shape index (κ2) is 9.56. The Morgan fingerprint density at radius 1 is 0.966 bits per heavy atom. The van der Waals surface area contributed by atoms with E-state index in [0.29, 0.717) is 5.56 Å². The van der Waals surface area contributed by atoms with E-state index in [1.807, 2.05) is 0 Å². The second-order valence-corrected chi connectivity index (χ2v) is 7.24. The van der Waals surface area contributed by atoms with Crippen LogP contribution in [0.5, 0.6) is 0 Å². The van der Waals surface area contributed by atoms with Gasteiger partial charge in [0.05, 0.1) is 13.2 Å². The first-order valence-electron chi connectivity index (χ1n) is 9.33. The first kappa shape index (κ1) is 22.2. The van der Waals surface area contributed by atoms with Gasteiger partial charge in [0.1, 0.15) is 48.8 Å². The molecule has 1 aromatic rings. The van der Waals surface area contributed by atoms with Crippen LogP contribution >= 0.6 is 0 Å². The average molecular weight is 414 g/mol. The highest BCUT2D eigenvalue weighted by atomic mass is 16.7. The molecule has 0 aliphatic carbocycles. The van der Waals surface area contributed by atoms with Crippen molar-refractivity contribution < 1.29 is 49.6 Å². The van der Waals surface area contributed by atoms with Crippen LogP contribution in [0.25, 0.3) is 0 Å². The highest BCUT2D eigenvalue weighted by Crippen LogP contribution is 2.27. The molecule has 10 heteroatoms. The van der Waals surface area contributed by atoms with E-state index in [1.54, 1.807) is 30.3 Å². The molecular formula is C19H26O10. The summed E-state index contributed by atoms with van der Waals surface area (Å²) in [4.78, 5) is 12.6. The van der Waals surface area contributed by atoms with Crippen LogP contribution < -0.4 is 0 Å². The highest BCUT2D eigenvalue weighted by molar-refractivity contribution is 5.86. The first-order chi connectivity index (χ1) is 13.8. The maximum atomic E-state index is 12.6. The van der Waals surface area contributed by atoms with Gasteiger partial charge in [-0.2, -0.15) is 0 Å². The van der Waals surface area contributed by atoms with Gasteiger partial charge in [-0.05, 0) is 5.56 Å². The number of hydrogen-bond acceptors (Lipinski definition) is 10. The maximum Gasteiger partial charge on any atom is 0.187 e. The summed E-state index contributed by atoms with van der Waals surface area (Å²) in [5, 5.41) is 59.7. The van der Waals surface area contributed by atoms with Crippen molar-refractivity contribution in [1.29, 1.82) is 0 Å². The average Bonchev–Trinajstić information content (AvgIpc) is 2.72. The van der Waals surface area contributed by atoms with E-state index < -0.39 is 67.5 Å². The summed E-state index contributed by atoms with van der Waals surface area (Å²) in [7, 11) is 0. The molecule has 162 valence electrons. The third kappa shape index (κ3) is 4.82. The molecule has 6 N–H and O–H groups in total. The van der Waals surface area contributed by atoms with Crippen molar-refractivity contribution in [2.45, 2.75) is 61.5 Å². The fourth-order valence-corrected chi connectivity index (χ4v) is 3.43. The molecule has 0 unspecified atom stereocenters. The fourth-order valence-electron chi connectivity index (χ4n) is 3.43. The van der Waals surface area contributed by atoms with Crippen LogP contribution in [0.3, 0.4) is 0 Å². The van der Waals surface area contributed by atoms with Crippen molar-refractivity contribution in [3.05, 3.63) is 35.9 Å². The third-order valence-electron chi connectivity index (χ3n) is 5.18. The molecule has 0 amide bonds. The number of rotatable bonds is 6. The van der Waals surface area contributed by atoms with E-state index in [-0.39, 0.29) is 13.0 Å². The van der Waals surface area contributed by atoms with Crippen LogP contribution in [0.15, 0.2) is 30.3 Å². The lowest BCUT2D eigenvalue weighted by Gasteiger charge is -2.43. The molecule has 2 aliphatic rings. The number of aliphatic hydroxyl groups excluding tert-OH is 6. The first-order valence-corrected chi connectivity index (χ1v) is 9.33. The predicted molar refractivity (Wildman–Crippen MR) is 95.5 cm³/mol. The molecule has 2 heterocycles. The van der Waals surface area contributed by atoms with Crippen molar-refractivity contribution in [1.82, 2.24) is 0 Å². The van der Waals surface area contributed by atoms with Crippen molar-refractivity contribution in [2.75, 3.05) is 13.2 Å². The Labute approximate surface area is 166 Å². The molecule has 0 saturated carbocycles. The standard InChI is InChI=1S/C19H26O10/c20-7-11-13(22)14(23)12(8-27-11)28-19-17(26)15(24)16(25)18(29-19)10(21)6-9-4-2-1-3-5-9/h1-5,11-20,22-26H,6-8H2/t11-,12+,13-,14-,15-,16+,17+,18+,19-/m1/s1. The molecule has 3 rings (SSSR count). The quantitative estimate of drug-likeness (QED) is 0.284. The molecular weight excluding hydrogens is 388 g/mol. The number of ketones is 1. The minimum atomic E-state index is -1.73. The molecule has 29 heavy (non-hydrogen) atoms. The lowest BCUT2D eigenvalue weighted by molar-refractivity contribution is -0.323. The van der Waals surface area contributed by atoms with Gasteiger partial charge in [0.15, 0.2) is 12.1 Å². The summed E-state index contributed by atoms with van der Waals surface area (Å²) in [5.41, 5.74) is 0.681. The zero-order valence-electron chi connectivity index (χ0n) is 15.5. The van der Waals surface area contributed by atoms with E-state index in [0.717, 1.165) is 0 Å². The number of benzene rings is 1. The summed E-state index contributed by atoms with van der Waals surface area (Å²) >= 11 is 0. The van der Waals surface area contributed by atoms with E-state index in [9.17, 15) is 30.3 Å². The number of carbonyl (C=O) groups excluding carboxylic acids is 1. The molecule has 0 bridgehead atoms. The van der Waals surface area contributed by atoms with Gasteiger partial charge in [-0.25, -0.2) is 0 Å². The Hall–Kier alpha value is -1.47. The van der Waals surface area contributed by atoms with Crippen LogP contribution in [0, 0.1) is 0 Å². The zero-order chi connectivity index (χ0) is 21.1. The van der Waals surface area contributed by atoms with Gasteiger partial charge in [-0.15, -0.1) is 0 Å². The Bertz CT molecular complexity index is 670. The van der Waals surface area contributed by atoms with E-state index in [1.165, 1.54) is 0 Å². The smallest absolute Gasteiger partial charge is 0.187 e. The molecule has 1 aromatic carbocycles. The molecule has 2 fully saturated rings. The molecule has 0 aromatic heterocycles. The normalized spacial score (nSPS) is 40.6.